The van der Waals surface area contributed by atoms with Crippen molar-refractivity contribution in [1.82, 2.24) is 4.90 Å². The number of benzene rings is 3. The van der Waals surface area contributed by atoms with Gasteiger partial charge >= 0.3 is 11.9 Å². The average molecular weight is 754 g/mol. The van der Waals surface area contributed by atoms with E-state index in [1.807, 2.05) is 48.5 Å². The van der Waals surface area contributed by atoms with Crippen LogP contribution in [-0.2, 0) is 9.59 Å². The molecule has 0 bridgehead atoms. The van der Waals surface area contributed by atoms with Crippen LogP contribution in [0, 0.1) is 5.92 Å². The summed E-state index contributed by atoms with van der Waals surface area (Å²) in [7, 11) is 0. The Bertz CT molecular complexity index is 1780. The van der Waals surface area contributed by atoms with Crippen LogP contribution >= 0.6 is 11.3 Å². The smallest absolute Gasteiger partial charge is 0.311 e. The third-order valence-electron chi connectivity index (χ3n) is 10.2. The predicted molar refractivity (Wildman–Crippen MR) is 220 cm³/mol. The van der Waals surface area contributed by atoms with Gasteiger partial charge in [-0.05, 0) is 104 Å². The van der Waals surface area contributed by atoms with Crippen LogP contribution in [0.2, 0.25) is 0 Å². The molecule has 0 aliphatic carbocycles. The average Bonchev–Trinajstić information content (AvgIpc) is 3.77. The van der Waals surface area contributed by atoms with Gasteiger partial charge in [0, 0.05) is 52.0 Å². The quantitative estimate of drug-likeness (QED) is 0.0323. The molecule has 0 amide bonds. The third kappa shape index (κ3) is 12.5. The summed E-state index contributed by atoms with van der Waals surface area (Å²) in [4.78, 5) is 42.8. The van der Waals surface area contributed by atoms with Gasteiger partial charge in [-0.2, -0.15) is 0 Å². The number of rotatable bonds is 23. The highest BCUT2D eigenvalue weighted by molar-refractivity contribution is 7.22. The lowest BCUT2D eigenvalue weighted by molar-refractivity contribution is -0.135. The van der Waals surface area contributed by atoms with Crippen LogP contribution < -0.4 is 14.2 Å². The van der Waals surface area contributed by atoms with Crippen molar-refractivity contribution < 1.29 is 28.6 Å². The molecule has 1 aliphatic heterocycles. The molecule has 1 fully saturated rings. The molecule has 0 N–H and O–H groups in total. The Labute approximate surface area is 326 Å². The van der Waals surface area contributed by atoms with E-state index in [-0.39, 0.29) is 17.7 Å². The largest absolute Gasteiger partial charge is 0.492 e. The molecular weight excluding hydrogens is 695 g/mol. The van der Waals surface area contributed by atoms with Gasteiger partial charge in [0.2, 0.25) is 0 Å². The molecule has 1 atom stereocenters. The molecule has 0 saturated carbocycles. The van der Waals surface area contributed by atoms with E-state index < -0.39 is 0 Å². The zero-order chi connectivity index (χ0) is 38.1. The first-order valence-corrected chi connectivity index (χ1v) is 21.2. The highest BCUT2D eigenvalue weighted by Crippen LogP contribution is 2.42. The third-order valence-corrected chi connectivity index (χ3v) is 11.4. The Morgan fingerprint density at radius 3 is 1.89 bits per heavy atom. The van der Waals surface area contributed by atoms with Gasteiger partial charge in [-0.1, -0.05) is 85.0 Å². The number of nitrogens with zero attached hydrogens (tertiary/aromatic N) is 1. The fraction of sp³-hybridized carbons (Fsp3) is 0.500. The highest BCUT2D eigenvalue weighted by Gasteiger charge is 2.23. The number of ether oxygens (including phenoxy) is 3. The molecule has 8 heteroatoms. The van der Waals surface area contributed by atoms with E-state index in [4.69, 9.17) is 14.2 Å². The molecular formula is C46H59NO6S. The highest BCUT2D eigenvalue weighted by atomic mass is 32.1. The van der Waals surface area contributed by atoms with Crippen molar-refractivity contribution >= 4 is 39.1 Å². The Hall–Kier alpha value is -4.01. The molecule has 1 saturated heterocycles. The van der Waals surface area contributed by atoms with E-state index in [0.717, 1.165) is 90.4 Å². The summed E-state index contributed by atoms with van der Waals surface area (Å²) in [5.74, 6) is 1.87. The van der Waals surface area contributed by atoms with Crippen molar-refractivity contribution in [2.45, 2.75) is 117 Å². The number of carbonyl (C=O) groups is 3. The standard InChI is InChI=1S/C46H59NO6S/c1-4-6-8-10-12-14-16-42(48)52-38-24-20-36(21-25-38)46-44(45(50)35-18-22-37(23-19-35)51-31-30-47-29-28-34(3)33-47)40-27-26-39(32-41(40)54-46)53-43(49)17-15-13-11-9-7-5-2/h18-27,32,34H,4-17,28-31,33H2,1-3H3. The van der Waals surface area contributed by atoms with E-state index in [0.29, 0.717) is 42.1 Å². The summed E-state index contributed by atoms with van der Waals surface area (Å²) in [6.45, 7) is 10.4. The van der Waals surface area contributed by atoms with Crippen molar-refractivity contribution in [1.29, 1.82) is 0 Å². The maximum atomic E-state index is 14.3. The lowest BCUT2D eigenvalue weighted by Gasteiger charge is -2.15. The van der Waals surface area contributed by atoms with Gasteiger partial charge in [0.25, 0.3) is 0 Å². The fourth-order valence-electron chi connectivity index (χ4n) is 7.08. The number of esters is 2. The maximum absolute atomic E-state index is 14.3. The molecule has 2 heterocycles. The fourth-order valence-corrected chi connectivity index (χ4v) is 8.31. The molecule has 1 unspecified atom stereocenters. The summed E-state index contributed by atoms with van der Waals surface area (Å²) in [6.07, 6.45) is 15.3. The van der Waals surface area contributed by atoms with Gasteiger partial charge in [-0.3, -0.25) is 19.3 Å². The molecule has 3 aromatic carbocycles. The van der Waals surface area contributed by atoms with Gasteiger partial charge < -0.3 is 14.2 Å². The Balaban J connectivity index is 1.30. The molecule has 290 valence electrons. The van der Waals surface area contributed by atoms with E-state index in [1.165, 1.54) is 56.3 Å². The predicted octanol–water partition coefficient (Wildman–Crippen LogP) is 11.8. The maximum Gasteiger partial charge on any atom is 0.311 e. The lowest BCUT2D eigenvalue weighted by atomic mass is 9.97. The molecule has 7 nitrogen and oxygen atoms in total. The topological polar surface area (TPSA) is 82.1 Å². The number of likely N-dealkylation sites (tertiary alicyclic amines) is 1. The van der Waals surface area contributed by atoms with Crippen molar-refractivity contribution in [2.24, 2.45) is 5.92 Å². The van der Waals surface area contributed by atoms with Crippen LogP contribution in [0.5, 0.6) is 17.2 Å². The first-order valence-electron chi connectivity index (χ1n) is 20.4. The Kier molecular flexibility index (Phi) is 16.6. The second-order valence-corrected chi connectivity index (χ2v) is 15.9. The van der Waals surface area contributed by atoms with E-state index in [2.05, 4.69) is 25.7 Å². The Morgan fingerprint density at radius 2 is 1.28 bits per heavy atom. The van der Waals surface area contributed by atoms with E-state index in [9.17, 15) is 14.4 Å². The van der Waals surface area contributed by atoms with Gasteiger partial charge in [0.1, 0.15) is 23.9 Å². The number of ketones is 1. The molecule has 4 aromatic rings. The monoisotopic (exact) mass is 753 g/mol. The summed E-state index contributed by atoms with van der Waals surface area (Å²) in [6, 6.07) is 20.3. The second-order valence-electron chi connectivity index (χ2n) is 14.9. The summed E-state index contributed by atoms with van der Waals surface area (Å²) < 4.78 is 18.3. The molecule has 0 radical (unpaired) electrons. The van der Waals surface area contributed by atoms with Crippen molar-refractivity contribution in [3.05, 3.63) is 77.9 Å². The summed E-state index contributed by atoms with van der Waals surface area (Å²) >= 11 is 1.49. The first kappa shape index (κ1) is 41.2. The van der Waals surface area contributed by atoms with Crippen LogP contribution in [0.25, 0.3) is 20.5 Å². The second kappa shape index (κ2) is 21.8. The van der Waals surface area contributed by atoms with Gasteiger partial charge in [-0.15, -0.1) is 11.3 Å². The number of hydrogen-bond donors (Lipinski definition) is 0. The van der Waals surface area contributed by atoms with E-state index >= 15 is 0 Å². The molecule has 54 heavy (non-hydrogen) atoms. The van der Waals surface area contributed by atoms with Crippen LogP contribution in [0.15, 0.2) is 66.7 Å². The zero-order valence-corrected chi connectivity index (χ0v) is 33.5. The number of thiophene rings is 1. The van der Waals surface area contributed by atoms with Gasteiger partial charge in [0.15, 0.2) is 5.78 Å². The Morgan fingerprint density at radius 1 is 0.704 bits per heavy atom. The van der Waals surface area contributed by atoms with E-state index in [1.54, 1.807) is 18.2 Å². The van der Waals surface area contributed by atoms with Crippen LogP contribution in [0.3, 0.4) is 0 Å². The lowest BCUT2D eigenvalue weighted by Crippen LogP contribution is -2.25. The molecule has 0 spiro atoms. The van der Waals surface area contributed by atoms with Crippen LogP contribution in [0.4, 0.5) is 0 Å². The minimum absolute atomic E-state index is 0.101. The SMILES string of the molecule is CCCCCCCCC(=O)Oc1ccc(-c2sc3cc(OC(=O)CCCCCCCC)ccc3c2C(=O)c2ccc(OCCN3CCC(C)C3)cc2)cc1. The molecule has 1 aliphatic rings. The summed E-state index contributed by atoms with van der Waals surface area (Å²) in [5.41, 5.74) is 1.99. The molecule has 5 rings (SSSR count). The van der Waals surface area contributed by atoms with Gasteiger partial charge in [0.05, 0.1) is 0 Å². The van der Waals surface area contributed by atoms with Crippen molar-refractivity contribution in [3.63, 3.8) is 0 Å². The van der Waals surface area contributed by atoms with Crippen molar-refractivity contribution in [3.8, 4) is 27.7 Å². The number of fused-ring (bicyclic) bond motifs is 1. The summed E-state index contributed by atoms with van der Waals surface area (Å²) in [5, 5.41) is 0.797. The van der Waals surface area contributed by atoms with Crippen LogP contribution in [-0.4, -0.2) is 48.9 Å². The van der Waals surface area contributed by atoms with Gasteiger partial charge in [-0.25, -0.2) is 0 Å². The molecule has 1 aromatic heterocycles. The minimum Gasteiger partial charge on any atom is -0.492 e. The normalized spacial score (nSPS) is 14.4. The number of hydrogen-bond acceptors (Lipinski definition) is 8. The van der Waals surface area contributed by atoms with Crippen LogP contribution in [0.1, 0.15) is 133 Å². The van der Waals surface area contributed by atoms with Crippen molar-refractivity contribution in [2.75, 3.05) is 26.2 Å². The zero-order valence-electron chi connectivity index (χ0n) is 32.7. The number of carbonyl (C=O) groups excluding carboxylic acids is 3. The first-order chi connectivity index (χ1) is 26.3. The number of unbranched alkanes of at least 4 members (excludes halogenated alkanes) is 10. The minimum atomic E-state index is -0.239.